The number of aromatic nitrogens is 1. The van der Waals surface area contributed by atoms with Gasteiger partial charge in [-0.1, -0.05) is 35.3 Å². The standard InChI is InChI=1S/C26H25Cl2F2N2O7S2/c1-41(35,36)31-17-3-2-4-18(10-17)40-26(33)39-23(11-19-20(27)12-32(34)13-21(19)28)16-7-8-22(38-25(29)30)24(9-16)37-14-15-5-6-15/h2-4,7-10,12-13,15,23,25,31,34H,5-6,11,14H2,1H3/q+1/t23-/m0/s1. The Morgan fingerprint density at radius 3 is 2.49 bits per heavy atom. The summed E-state index contributed by atoms with van der Waals surface area (Å²) in [4.78, 5) is 13.5. The first kappa shape index (κ1) is 30.9. The van der Waals surface area contributed by atoms with Crippen LogP contribution in [-0.4, -0.2) is 38.4 Å². The molecule has 220 valence electrons. The largest absolute Gasteiger partial charge is 0.489 e. The number of carbonyl (C=O) groups is 1. The topological polar surface area (TPSA) is 115 Å². The van der Waals surface area contributed by atoms with Gasteiger partial charge in [-0.2, -0.15) is 8.78 Å². The first-order valence-corrected chi connectivity index (χ1v) is 15.6. The molecule has 0 amide bonds. The van der Waals surface area contributed by atoms with Crippen LogP contribution in [-0.2, 0) is 21.2 Å². The second kappa shape index (κ2) is 13.3. The quantitative estimate of drug-likeness (QED) is 0.0990. The van der Waals surface area contributed by atoms with Gasteiger partial charge in [0.15, 0.2) is 11.5 Å². The number of carbonyl (C=O) groups excluding carboxylic acids is 1. The fourth-order valence-corrected chi connectivity index (χ4v) is 5.59. The van der Waals surface area contributed by atoms with Crippen LogP contribution in [0, 0.1) is 5.92 Å². The Labute approximate surface area is 249 Å². The molecule has 1 aromatic heterocycles. The van der Waals surface area contributed by atoms with Gasteiger partial charge in [-0.3, -0.25) is 9.93 Å². The maximum Gasteiger partial charge on any atom is 0.387 e. The zero-order chi connectivity index (χ0) is 29.7. The molecule has 1 aliphatic carbocycles. The van der Waals surface area contributed by atoms with Crippen molar-refractivity contribution in [3.05, 3.63) is 76.0 Å². The Hall–Kier alpha value is -3.00. The number of sulfonamides is 1. The highest BCUT2D eigenvalue weighted by atomic mass is 35.5. The minimum absolute atomic E-state index is 0.0441. The molecule has 9 nitrogen and oxygen atoms in total. The van der Waals surface area contributed by atoms with Crippen LogP contribution in [0.15, 0.2) is 59.8 Å². The second-order valence-electron chi connectivity index (χ2n) is 9.22. The maximum atomic E-state index is 13.1. The number of nitrogens with zero attached hydrogens (tertiary/aromatic N) is 1. The number of alkyl halides is 2. The van der Waals surface area contributed by atoms with Gasteiger partial charge in [0, 0.05) is 27.3 Å². The van der Waals surface area contributed by atoms with Crippen molar-refractivity contribution in [2.75, 3.05) is 17.6 Å². The summed E-state index contributed by atoms with van der Waals surface area (Å²) in [6.45, 7) is -2.76. The molecule has 1 aliphatic rings. The van der Waals surface area contributed by atoms with Crippen LogP contribution in [0.1, 0.15) is 30.1 Å². The van der Waals surface area contributed by atoms with Crippen molar-refractivity contribution in [3.8, 4) is 11.5 Å². The van der Waals surface area contributed by atoms with E-state index >= 15 is 0 Å². The highest BCUT2D eigenvalue weighted by molar-refractivity contribution is 8.13. The lowest BCUT2D eigenvalue weighted by Gasteiger charge is -2.21. The van der Waals surface area contributed by atoms with Crippen molar-refractivity contribution in [2.24, 2.45) is 5.92 Å². The number of rotatable bonds is 12. The summed E-state index contributed by atoms with van der Waals surface area (Å²) in [5, 5.41) is 9.18. The third-order valence-corrected chi connectivity index (χ3v) is 7.77. The van der Waals surface area contributed by atoms with Gasteiger partial charge in [0.25, 0.3) is 0 Å². The molecule has 1 fully saturated rings. The normalized spacial score (nSPS) is 14.0. The average molecular weight is 651 g/mol. The molecule has 41 heavy (non-hydrogen) atoms. The second-order valence-corrected chi connectivity index (χ2v) is 12.8. The molecule has 0 aliphatic heterocycles. The zero-order valence-electron chi connectivity index (χ0n) is 21.4. The summed E-state index contributed by atoms with van der Waals surface area (Å²) >= 11 is 13.3. The van der Waals surface area contributed by atoms with Crippen LogP contribution in [0.2, 0.25) is 10.0 Å². The Morgan fingerprint density at radius 1 is 1.15 bits per heavy atom. The van der Waals surface area contributed by atoms with Crippen LogP contribution in [0.25, 0.3) is 0 Å². The van der Waals surface area contributed by atoms with Crippen LogP contribution in [0.4, 0.5) is 19.3 Å². The summed E-state index contributed by atoms with van der Waals surface area (Å²) in [5.74, 6) is 0.209. The predicted octanol–water partition coefficient (Wildman–Crippen LogP) is 6.49. The Morgan fingerprint density at radius 2 is 1.85 bits per heavy atom. The number of hydrogen-bond acceptors (Lipinski definition) is 8. The van der Waals surface area contributed by atoms with E-state index in [0.29, 0.717) is 45.0 Å². The molecule has 0 spiro atoms. The zero-order valence-corrected chi connectivity index (χ0v) is 24.6. The van der Waals surface area contributed by atoms with Crippen molar-refractivity contribution in [1.82, 2.24) is 0 Å². The Balaban J connectivity index is 1.63. The SMILES string of the molecule is CS(=O)(=O)Nc1cccc(SC(=O)O[C@@H](Cc2c(Cl)c[n+](O)cc2Cl)c2ccc(OC(F)F)c(OCC3CC3)c2)c1. The van der Waals surface area contributed by atoms with Crippen molar-refractivity contribution >= 4 is 56.0 Å². The van der Waals surface area contributed by atoms with Gasteiger partial charge in [0.05, 0.1) is 12.9 Å². The smallest absolute Gasteiger partial charge is 0.387 e. The summed E-state index contributed by atoms with van der Waals surface area (Å²) in [6, 6.07) is 10.4. The highest BCUT2D eigenvalue weighted by Gasteiger charge is 2.27. The lowest BCUT2D eigenvalue weighted by molar-refractivity contribution is -0.904. The van der Waals surface area contributed by atoms with Gasteiger partial charge in [-0.05, 0) is 66.4 Å². The third-order valence-electron chi connectivity index (χ3n) is 5.76. The number of thioether (sulfide) groups is 1. The number of anilines is 1. The monoisotopic (exact) mass is 649 g/mol. The highest BCUT2D eigenvalue weighted by Crippen LogP contribution is 2.38. The van der Waals surface area contributed by atoms with Crippen LogP contribution in [0.3, 0.4) is 0 Å². The van der Waals surface area contributed by atoms with Gasteiger partial charge in [-0.25, -0.2) is 13.2 Å². The van der Waals surface area contributed by atoms with E-state index in [0.717, 1.165) is 19.1 Å². The first-order chi connectivity index (χ1) is 19.4. The van der Waals surface area contributed by atoms with Gasteiger partial charge in [0.1, 0.15) is 16.1 Å². The number of ether oxygens (including phenoxy) is 3. The molecule has 0 radical (unpaired) electrons. The third kappa shape index (κ3) is 9.52. The number of nitrogens with one attached hydrogen (secondary N) is 1. The van der Waals surface area contributed by atoms with Crippen LogP contribution < -0.4 is 18.9 Å². The van der Waals surface area contributed by atoms with Gasteiger partial charge >= 0.3 is 11.9 Å². The van der Waals surface area contributed by atoms with Crippen LogP contribution >= 0.6 is 35.0 Å². The summed E-state index contributed by atoms with van der Waals surface area (Å²) in [7, 11) is -3.53. The number of hydrogen-bond donors (Lipinski definition) is 2. The van der Waals surface area contributed by atoms with Gasteiger partial charge < -0.3 is 14.2 Å². The van der Waals surface area contributed by atoms with E-state index in [1.54, 1.807) is 12.1 Å². The Kier molecular flexibility index (Phi) is 10.1. The molecule has 2 N–H and O–H groups in total. The van der Waals surface area contributed by atoms with E-state index in [1.807, 2.05) is 0 Å². The fraction of sp³-hybridized carbons (Fsp3) is 0.308. The van der Waals surface area contributed by atoms with Crippen molar-refractivity contribution in [1.29, 1.82) is 0 Å². The molecule has 3 aromatic rings. The molecule has 0 saturated heterocycles. The van der Waals surface area contributed by atoms with Gasteiger partial charge in [0.2, 0.25) is 22.4 Å². The van der Waals surface area contributed by atoms with E-state index in [-0.39, 0.29) is 33.7 Å². The number of benzene rings is 2. The van der Waals surface area contributed by atoms with E-state index < -0.39 is 28.0 Å². The average Bonchev–Trinajstić information content (AvgIpc) is 3.68. The fourth-order valence-electron chi connectivity index (χ4n) is 3.74. The summed E-state index contributed by atoms with van der Waals surface area (Å²) in [5.41, 5.74) is 0.995. The van der Waals surface area contributed by atoms with E-state index in [4.69, 9.17) is 32.7 Å². The predicted molar refractivity (Wildman–Crippen MR) is 149 cm³/mol. The molecule has 0 bridgehead atoms. The molecule has 0 unspecified atom stereocenters. The Bertz CT molecular complexity index is 1500. The molecular formula is C26H25Cl2F2N2O7S2+. The van der Waals surface area contributed by atoms with Crippen LogP contribution in [0.5, 0.6) is 11.5 Å². The summed E-state index contributed by atoms with van der Waals surface area (Å²) < 4.78 is 68.4. The molecule has 2 aromatic carbocycles. The molecule has 1 heterocycles. The van der Waals surface area contributed by atoms with E-state index in [9.17, 15) is 27.2 Å². The number of halogens is 4. The van der Waals surface area contributed by atoms with Crippen molar-refractivity contribution in [3.63, 3.8) is 0 Å². The first-order valence-electron chi connectivity index (χ1n) is 12.1. The molecular weight excluding hydrogens is 625 g/mol. The number of pyridine rings is 1. The molecule has 1 saturated carbocycles. The van der Waals surface area contributed by atoms with Crippen molar-refractivity contribution < 1.29 is 46.1 Å². The lowest BCUT2D eigenvalue weighted by Crippen LogP contribution is -2.29. The lowest BCUT2D eigenvalue weighted by atomic mass is 10.0. The minimum Gasteiger partial charge on any atom is -0.489 e. The minimum atomic E-state index is -3.53. The van der Waals surface area contributed by atoms with E-state index in [1.165, 1.54) is 42.7 Å². The molecule has 4 rings (SSSR count). The molecule has 1 atom stereocenters. The maximum absolute atomic E-state index is 13.1. The summed E-state index contributed by atoms with van der Waals surface area (Å²) in [6.07, 6.45) is 4.29. The van der Waals surface area contributed by atoms with Gasteiger partial charge in [-0.15, -0.1) is 0 Å². The van der Waals surface area contributed by atoms with Crippen molar-refractivity contribution in [2.45, 2.75) is 36.9 Å². The van der Waals surface area contributed by atoms with E-state index in [2.05, 4.69) is 9.46 Å². The molecule has 15 heteroatoms.